The molecule has 0 atom stereocenters. The second-order valence-corrected chi connectivity index (χ2v) is 5.22. The number of hydrogen-bond donors (Lipinski definition) is 0. The molecule has 0 aliphatic carbocycles. The van der Waals surface area contributed by atoms with Crippen molar-refractivity contribution in [3.8, 4) is 11.5 Å². The molecule has 3 rings (SSSR count). The number of rotatable bonds is 0. The van der Waals surface area contributed by atoms with Crippen molar-refractivity contribution in [2.45, 2.75) is 16.7 Å². The molecule has 0 N–H and O–H groups in total. The van der Waals surface area contributed by atoms with Crippen molar-refractivity contribution in [2.75, 3.05) is 0 Å². The van der Waals surface area contributed by atoms with Crippen LogP contribution in [0.25, 0.3) is 0 Å². The summed E-state index contributed by atoms with van der Waals surface area (Å²) in [6.07, 6.45) is 0. The van der Waals surface area contributed by atoms with Gasteiger partial charge in [-0.1, -0.05) is 35.5 Å². The number of aryl methyl sites for hydroxylation is 1. The first-order valence-electron chi connectivity index (χ1n) is 4.99. The van der Waals surface area contributed by atoms with E-state index in [-0.39, 0.29) is 0 Å². The highest BCUT2D eigenvalue weighted by Gasteiger charge is 2.19. The van der Waals surface area contributed by atoms with E-state index in [9.17, 15) is 0 Å². The van der Waals surface area contributed by atoms with Gasteiger partial charge in [-0.25, -0.2) is 0 Å². The fourth-order valence-electron chi connectivity index (χ4n) is 1.72. The van der Waals surface area contributed by atoms with Gasteiger partial charge in [-0.05, 0) is 36.8 Å². The zero-order chi connectivity index (χ0) is 11.1. The SMILES string of the molecule is Cc1cc(Cl)c2c(c1)Sc1ccccc1O2. The number of para-hydroxylation sites is 1. The Balaban J connectivity index is 2.15. The topological polar surface area (TPSA) is 9.23 Å². The van der Waals surface area contributed by atoms with Crippen molar-refractivity contribution >= 4 is 23.4 Å². The summed E-state index contributed by atoms with van der Waals surface area (Å²) >= 11 is 7.88. The molecular formula is C13H9ClOS. The van der Waals surface area contributed by atoms with Crippen LogP contribution in [0.1, 0.15) is 5.56 Å². The van der Waals surface area contributed by atoms with E-state index in [2.05, 4.69) is 12.1 Å². The third-order valence-electron chi connectivity index (χ3n) is 2.43. The molecule has 0 aromatic heterocycles. The van der Waals surface area contributed by atoms with E-state index in [4.69, 9.17) is 16.3 Å². The first kappa shape index (κ1) is 10.1. The van der Waals surface area contributed by atoms with Gasteiger partial charge in [-0.2, -0.15) is 0 Å². The maximum atomic E-state index is 6.18. The van der Waals surface area contributed by atoms with Gasteiger partial charge in [0.15, 0.2) is 5.75 Å². The van der Waals surface area contributed by atoms with E-state index in [0.29, 0.717) is 5.02 Å². The smallest absolute Gasteiger partial charge is 0.159 e. The number of halogens is 1. The Bertz CT molecular complexity index is 566. The first-order valence-corrected chi connectivity index (χ1v) is 6.18. The molecule has 1 aliphatic heterocycles. The van der Waals surface area contributed by atoms with Gasteiger partial charge in [0, 0.05) is 0 Å². The van der Waals surface area contributed by atoms with Crippen molar-refractivity contribution < 1.29 is 4.74 Å². The molecule has 0 radical (unpaired) electrons. The molecule has 0 bridgehead atoms. The fourth-order valence-corrected chi connectivity index (χ4v) is 3.17. The van der Waals surface area contributed by atoms with E-state index in [0.717, 1.165) is 26.9 Å². The fraction of sp³-hybridized carbons (Fsp3) is 0.0769. The molecule has 16 heavy (non-hydrogen) atoms. The standard InChI is InChI=1S/C13H9ClOS/c1-8-6-9(14)13-12(7-8)16-11-5-3-2-4-10(11)15-13/h2-7H,1H3. The Kier molecular flexibility index (Phi) is 2.34. The Morgan fingerprint density at radius 3 is 2.81 bits per heavy atom. The van der Waals surface area contributed by atoms with Gasteiger partial charge >= 0.3 is 0 Å². The molecule has 1 nitrogen and oxygen atoms in total. The molecule has 0 amide bonds. The van der Waals surface area contributed by atoms with E-state index in [1.807, 2.05) is 31.2 Å². The molecule has 2 aromatic carbocycles. The molecule has 0 saturated heterocycles. The molecule has 0 fully saturated rings. The average Bonchev–Trinajstić information content (AvgIpc) is 2.27. The monoisotopic (exact) mass is 248 g/mol. The lowest BCUT2D eigenvalue weighted by Gasteiger charge is -2.20. The number of hydrogen-bond acceptors (Lipinski definition) is 2. The summed E-state index contributed by atoms with van der Waals surface area (Å²) in [7, 11) is 0. The molecule has 3 heteroatoms. The highest BCUT2D eigenvalue weighted by molar-refractivity contribution is 7.99. The highest BCUT2D eigenvalue weighted by atomic mass is 35.5. The first-order chi connectivity index (χ1) is 7.74. The van der Waals surface area contributed by atoms with Crippen LogP contribution in [0.3, 0.4) is 0 Å². The summed E-state index contributed by atoms with van der Waals surface area (Å²) in [5.41, 5.74) is 1.15. The predicted molar refractivity (Wildman–Crippen MR) is 66.8 cm³/mol. The lowest BCUT2D eigenvalue weighted by Crippen LogP contribution is -1.95. The van der Waals surface area contributed by atoms with E-state index in [1.54, 1.807) is 11.8 Å². The zero-order valence-corrected chi connectivity index (χ0v) is 10.2. The number of benzene rings is 2. The predicted octanol–water partition coefficient (Wildman–Crippen LogP) is 4.91. The van der Waals surface area contributed by atoms with Crippen molar-refractivity contribution in [1.29, 1.82) is 0 Å². The zero-order valence-electron chi connectivity index (χ0n) is 8.66. The van der Waals surface area contributed by atoms with Crippen molar-refractivity contribution in [1.82, 2.24) is 0 Å². The van der Waals surface area contributed by atoms with Gasteiger partial charge in [0.25, 0.3) is 0 Å². The van der Waals surface area contributed by atoms with E-state index in [1.165, 1.54) is 0 Å². The largest absolute Gasteiger partial charge is 0.453 e. The molecule has 1 aliphatic rings. The van der Waals surface area contributed by atoms with Gasteiger partial charge in [-0.3, -0.25) is 0 Å². The van der Waals surface area contributed by atoms with Gasteiger partial charge in [0.1, 0.15) is 5.75 Å². The number of ether oxygens (including phenoxy) is 1. The third-order valence-corrected chi connectivity index (χ3v) is 3.80. The summed E-state index contributed by atoms with van der Waals surface area (Å²) in [4.78, 5) is 2.22. The summed E-state index contributed by atoms with van der Waals surface area (Å²) in [6, 6.07) is 12.0. The summed E-state index contributed by atoms with van der Waals surface area (Å²) in [5, 5.41) is 0.678. The van der Waals surface area contributed by atoms with Crippen molar-refractivity contribution in [3.05, 3.63) is 47.0 Å². The second kappa shape index (κ2) is 3.72. The second-order valence-electron chi connectivity index (χ2n) is 3.72. The molecule has 80 valence electrons. The van der Waals surface area contributed by atoms with Crippen molar-refractivity contribution in [3.63, 3.8) is 0 Å². The minimum atomic E-state index is 0.678. The highest BCUT2D eigenvalue weighted by Crippen LogP contribution is 2.49. The van der Waals surface area contributed by atoms with Gasteiger partial charge in [0.2, 0.25) is 0 Å². The molecule has 0 spiro atoms. The minimum absolute atomic E-state index is 0.678. The van der Waals surface area contributed by atoms with Crippen LogP contribution in [0, 0.1) is 6.92 Å². The maximum absolute atomic E-state index is 6.18. The summed E-state index contributed by atoms with van der Waals surface area (Å²) in [5.74, 6) is 1.65. The minimum Gasteiger partial charge on any atom is -0.453 e. The van der Waals surface area contributed by atoms with Gasteiger partial charge in [-0.15, -0.1) is 0 Å². The van der Waals surface area contributed by atoms with Gasteiger partial charge in [0.05, 0.1) is 14.8 Å². The summed E-state index contributed by atoms with van der Waals surface area (Å²) in [6.45, 7) is 2.03. The third kappa shape index (κ3) is 1.58. The van der Waals surface area contributed by atoms with E-state index >= 15 is 0 Å². The van der Waals surface area contributed by atoms with Crippen LogP contribution in [0.15, 0.2) is 46.2 Å². The Labute approximate surface area is 103 Å². The van der Waals surface area contributed by atoms with Crippen LogP contribution in [-0.2, 0) is 0 Å². The molecule has 0 unspecified atom stereocenters. The quantitative estimate of drug-likeness (QED) is 0.559. The van der Waals surface area contributed by atoms with Crippen LogP contribution in [0.2, 0.25) is 5.02 Å². The molecular weight excluding hydrogens is 240 g/mol. The van der Waals surface area contributed by atoms with Crippen molar-refractivity contribution in [2.24, 2.45) is 0 Å². The molecule has 2 aromatic rings. The number of fused-ring (bicyclic) bond motifs is 2. The lowest BCUT2D eigenvalue weighted by molar-refractivity contribution is 0.454. The summed E-state index contributed by atoms with van der Waals surface area (Å²) < 4.78 is 5.81. The Morgan fingerprint density at radius 2 is 1.94 bits per heavy atom. The average molecular weight is 249 g/mol. The lowest BCUT2D eigenvalue weighted by atomic mass is 10.2. The Hall–Kier alpha value is -1.12. The molecule has 0 saturated carbocycles. The normalized spacial score (nSPS) is 12.6. The van der Waals surface area contributed by atoms with Crippen LogP contribution >= 0.6 is 23.4 Å². The van der Waals surface area contributed by atoms with Crippen LogP contribution in [0.4, 0.5) is 0 Å². The van der Waals surface area contributed by atoms with E-state index < -0.39 is 0 Å². The van der Waals surface area contributed by atoms with Gasteiger partial charge < -0.3 is 4.74 Å². The van der Waals surface area contributed by atoms with Crippen LogP contribution in [0.5, 0.6) is 11.5 Å². The van der Waals surface area contributed by atoms with Crippen LogP contribution < -0.4 is 4.74 Å². The Morgan fingerprint density at radius 1 is 1.12 bits per heavy atom. The maximum Gasteiger partial charge on any atom is 0.159 e. The molecule has 1 heterocycles. The van der Waals surface area contributed by atoms with Crippen LogP contribution in [-0.4, -0.2) is 0 Å².